The molecule has 2 heterocycles. The molecule has 3 aromatic rings. The molecule has 1 fully saturated rings. The van der Waals surface area contributed by atoms with Crippen molar-refractivity contribution in [1.82, 2.24) is 5.16 Å². The molecule has 9 N–H and O–H groups in total. The summed E-state index contributed by atoms with van der Waals surface area (Å²) in [5.74, 6) is 0.273. The van der Waals surface area contributed by atoms with Gasteiger partial charge in [-0.1, -0.05) is 53.7 Å². The van der Waals surface area contributed by atoms with Crippen LogP contribution in [0.5, 0.6) is 0 Å². The van der Waals surface area contributed by atoms with E-state index in [-0.39, 0.29) is 23.4 Å². The van der Waals surface area contributed by atoms with Crippen LogP contribution in [-0.2, 0) is 15.9 Å². The Balaban J connectivity index is 1.54. The summed E-state index contributed by atoms with van der Waals surface area (Å²) in [6.07, 6.45) is -16.7. The minimum Gasteiger partial charge on any atom is -0.394 e. The Bertz CT molecular complexity index is 1330. The van der Waals surface area contributed by atoms with Crippen molar-refractivity contribution in [3.8, 4) is 22.5 Å². The Morgan fingerprint density at radius 3 is 2.27 bits per heavy atom. The molecule has 10 atom stereocenters. The summed E-state index contributed by atoms with van der Waals surface area (Å²) in [5, 5.41) is 98.0. The predicted molar refractivity (Wildman–Crippen MR) is 139 cm³/mol. The summed E-state index contributed by atoms with van der Waals surface area (Å²) in [6.45, 7) is -1.69. The van der Waals surface area contributed by atoms with E-state index >= 15 is 0 Å². The van der Waals surface area contributed by atoms with E-state index in [1.165, 1.54) is 0 Å². The molecule has 1 aliphatic heterocycles. The van der Waals surface area contributed by atoms with Crippen molar-refractivity contribution in [2.75, 3.05) is 13.2 Å². The summed E-state index contributed by atoms with van der Waals surface area (Å²) in [7, 11) is 0. The Hall–Kier alpha value is -2.79. The molecule has 5 rings (SSSR count). The van der Waals surface area contributed by atoms with Gasteiger partial charge in [-0.25, -0.2) is 0 Å². The van der Waals surface area contributed by atoms with E-state index < -0.39 is 74.4 Å². The molecule has 2 aromatic carbocycles. The van der Waals surface area contributed by atoms with Crippen molar-refractivity contribution in [2.24, 2.45) is 0 Å². The lowest BCUT2D eigenvalue weighted by Crippen LogP contribution is -2.61. The molecule has 0 spiro atoms. The van der Waals surface area contributed by atoms with Crippen LogP contribution in [0.4, 0.5) is 0 Å². The van der Waals surface area contributed by atoms with Crippen LogP contribution in [0.25, 0.3) is 22.5 Å². The van der Waals surface area contributed by atoms with Crippen LogP contribution in [-0.4, -0.2) is 113 Å². The smallest absolute Gasteiger partial charge is 0.187 e. The van der Waals surface area contributed by atoms with Gasteiger partial charge >= 0.3 is 0 Å². The molecule has 2 aliphatic rings. The van der Waals surface area contributed by atoms with E-state index in [0.29, 0.717) is 16.7 Å². The van der Waals surface area contributed by atoms with E-state index in [9.17, 15) is 46.0 Å². The molecule has 13 heteroatoms. The lowest BCUT2D eigenvalue weighted by molar-refractivity contribution is -0.327. The van der Waals surface area contributed by atoms with Crippen LogP contribution in [0.2, 0.25) is 0 Å². The molecule has 1 aliphatic carbocycles. The van der Waals surface area contributed by atoms with Crippen LogP contribution in [0.1, 0.15) is 29.0 Å². The predicted octanol–water partition coefficient (Wildman–Crippen LogP) is -1.47. The number of aliphatic hydroxyl groups is 9. The molecule has 1 aromatic heterocycles. The number of hydrogen-bond donors (Lipinski definition) is 9. The second-order valence-corrected chi connectivity index (χ2v) is 10.2. The van der Waals surface area contributed by atoms with E-state index in [0.717, 1.165) is 5.56 Å². The van der Waals surface area contributed by atoms with Gasteiger partial charge in [0, 0.05) is 12.0 Å². The van der Waals surface area contributed by atoms with Gasteiger partial charge in [0.2, 0.25) is 0 Å². The van der Waals surface area contributed by atoms with Crippen molar-refractivity contribution >= 4 is 0 Å². The van der Waals surface area contributed by atoms with Crippen LogP contribution in [0, 0.1) is 0 Å². The maximum absolute atomic E-state index is 11.4. The van der Waals surface area contributed by atoms with E-state index in [1.54, 1.807) is 36.4 Å². The van der Waals surface area contributed by atoms with Gasteiger partial charge < -0.3 is 60.0 Å². The summed E-state index contributed by atoms with van der Waals surface area (Å²) >= 11 is 0. The third-order valence-corrected chi connectivity index (χ3v) is 7.63. The number of aliphatic hydroxyl groups excluding tert-OH is 9. The second kappa shape index (κ2) is 12.2. The minimum absolute atomic E-state index is 0.156. The molecule has 41 heavy (non-hydrogen) atoms. The monoisotopic (exact) mass is 575 g/mol. The zero-order valence-electron chi connectivity index (χ0n) is 21.7. The normalized spacial score (nSPS) is 28.8. The van der Waals surface area contributed by atoms with Gasteiger partial charge in [-0.05, 0) is 16.7 Å². The zero-order chi connectivity index (χ0) is 29.4. The van der Waals surface area contributed by atoms with Crippen LogP contribution >= 0.6 is 0 Å². The number of nitrogens with zero attached hydrogens (tertiary/aromatic N) is 1. The minimum atomic E-state index is -2.02. The highest BCUT2D eigenvalue weighted by Gasteiger charge is 2.47. The summed E-state index contributed by atoms with van der Waals surface area (Å²) in [5.41, 5.74) is 2.51. The lowest BCUT2D eigenvalue weighted by atomic mass is 9.84. The third-order valence-electron chi connectivity index (χ3n) is 7.63. The largest absolute Gasteiger partial charge is 0.394 e. The molecular weight excluding hydrogens is 542 g/mol. The molecule has 0 amide bonds. The summed E-state index contributed by atoms with van der Waals surface area (Å²) < 4.78 is 16.6. The van der Waals surface area contributed by atoms with Gasteiger partial charge in [-0.2, -0.15) is 0 Å². The van der Waals surface area contributed by atoms with Gasteiger partial charge in [0.05, 0.1) is 24.9 Å². The average Bonchev–Trinajstić information content (AvgIpc) is 3.42. The highest BCUT2D eigenvalue weighted by atomic mass is 16.7. The number of aromatic nitrogens is 1. The standard InChI is InChI=1S/C28H33NO12/c30-10-17(33)27(40-28-25(38)23(36)21(34)18(11-31)39-28)24(37)22(35)20-19-15-8-4-3-7-14(15)16(32)9-12-5-1-2-6-13(12)26(19)41-29-20/h1-8,16-18,21-25,27-28,30-38H,9-11H2/t16?,17?,18?,21-,22?,23?,24+,25-,27+,28-/m0/s1. The first-order valence-electron chi connectivity index (χ1n) is 13.1. The average molecular weight is 576 g/mol. The quantitative estimate of drug-likeness (QED) is 0.150. The first-order valence-corrected chi connectivity index (χ1v) is 13.1. The fourth-order valence-electron chi connectivity index (χ4n) is 5.38. The van der Waals surface area contributed by atoms with E-state index in [2.05, 4.69) is 5.16 Å². The fourth-order valence-corrected chi connectivity index (χ4v) is 5.38. The highest BCUT2D eigenvalue weighted by molar-refractivity contribution is 5.85. The molecule has 0 saturated carbocycles. The maximum atomic E-state index is 11.4. The fraction of sp³-hybridized carbons (Fsp3) is 0.464. The van der Waals surface area contributed by atoms with Crippen LogP contribution in [0.3, 0.4) is 0 Å². The van der Waals surface area contributed by atoms with E-state index in [1.807, 2.05) is 12.1 Å². The van der Waals surface area contributed by atoms with Gasteiger partial charge in [-0.3, -0.25) is 0 Å². The van der Waals surface area contributed by atoms with Crippen molar-refractivity contribution < 1.29 is 60.0 Å². The van der Waals surface area contributed by atoms with Crippen molar-refractivity contribution in [3.05, 3.63) is 65.4 Å². The zero-order valence-corrected chi connectivity index (χ0v) is 21.7. The molecule has 1 saturated heterocycles. The number of benzene rings is 2. The maximum Gasteiger partial charge on any atom is 0.187 e. The van der Waals surface area contributed by atoms with Gasteiger partial charge in [0.25, 0.3) is 0 Å². The van der Waals surface area contributed by atoms with Gasteiger partial charge in [-0.15, -0.1) is 0 Å². The number of hydrogen-bond acceptors (Lipinski definition) is 13. The van der Waals surface area contributed by atoms with Crippen molar-refractivity contribution in [1.29, 1.82) is 0 Å². The first kappa shape index (κ1) is 29.7. The van der Waals surface area contributed by atoms with Crippen LogP contribution < -0.4 is 0 Å². The van der Waals surface area contributed by atoms with Gasteiger partial charge in [0.15, 0.2) is 12.1 Å². The van der Waals surface area contributed by atoms with Gasteiger partial charge in [0.1, 0.15) is 54.5 Å². The molecule has 0 bridgehead atoms. The van der Waals surface area contributed by atoms with Crippen LogP contribution in [0.15, 0.2) is 53.1 Å². The Labute approximate surface area is 234 Å². The molecule has 13 nitrogen and oxygen atoms in total. The SMILES string of the molecule is OCC1O[C@@H](O[C@H](C(O)CO)[C@H](O)C(O)c2noc3c2-c2ccccc2C(O)Cc2ccccc2-3)[C@@H](O)C(O)[C@H]1O. The summed E-state index contributed by atoms with van der Waals surface area (Å²) in [6, 6.07) is 14.1. The van der Waals surface area contributed by atoms with Crippen molar-refractivity contribution in [3.63, 3.8) is 0 Å². The van der Waals surface area contributed by atoms with Crippen molar-refractivity contribution in [2.45, 2.75) is 67.6 Å². The Kier molecular flexibility index (Phi) is 8.84. The molecular formula is C28H33NO12. The molecule has 5 unspecified atom stereocenters. The number of ether oxygens (including phenoxy) is 2. The summed E-state index contributed by atoms with van der Waals surface area (Å²) in [4.78, 5) is 0. The Morgan fingerprint density at radius 2 is 1.56 bits per heavy atom. The molecule has 0 radical (unpaired) electrons. The second-order valence-electron chi connectivity index (χ2n) is 10.2. The third kappa shape index (κ3) is 5.43. The topological polar surface area (TPSA) is 227 Å². The Morgan fingerprint density at radius 1 is 0.878 bits per heavy atom. The number of rotatable bonds is 8. The molecule has 222 valence electrons. The lowest BCUT2D eigenvalue weighted by Gasteiger charge is -2.42. The first-order chi connectivity index (χ1) is 19.7. The number of fused-ring (bicyclic) bond motifs is 5. The van der Waals surface area contributed by atoms with E-state index in [4.69, 9.17) is 14.0 Å². The highest BCUT2D eigenvalue weighted by Crippen LogP contribution is 2.45.